The van der Waals surface area contributed by atoms with Crippen LogP contribution in [0.1, 0.15) is 0 Å². The van der Waals surface area contributed by atoms with Gasteiger partial charge in [0.1, 0.15) is 0 Å². The number of aliphatic hydroxyl groups is 2. The molecule has 0 aromatic carbocycles. The zero-order valence-corrected chi connectivity index (χ0v) is 5.64. The first-order chi connectivity index (χ1) is 4.83. The molecule has 0 aliphatic carbocycles. The van der Waals surface area contributed by atoms with Crippen molar-refractivity contribution in [1.82, 2.24) is 4.57 Å². The lowest BCUT2D eigenvalue weighted by Gasteiger charge is -2.06. The molecule has 56 valence electrons. The number of aliphatic hydroxyl groups excluding tert-OH is 2. The van der Waals surface area contributed by atoms with E-state index in [9.17, 15) is 0 Å². The summed E-state index contributed by atoms with van der Waals surface area (Å²) < 4.78 is 1.82. The summed E-state index contributed by atoms with van der Waals surface area (Å²) in [5.74, 6) is 0. The molecular weight excluding hydrogens is 130 g/mol. The molecule has 2 N–H and O–H groups in total. The van der Waals surface area contributed by atoms with Crippen LogP contribution in [-0.2, 0) is 6.54 Å². The summed E-state index contributed by atoms with van der Waals surface area (Å²) >= 11 is 0. The number of hydrogen-bond acceptors (Lipinski definition) is 2. The molecule has 0 bridgehead atoms. The Balaban J connectivity index is 2.40. The van der Waals surface area contributed by atoms with E-state index in [1.165, 1.54) is 0 Å². The molecule has 0 saturated carbocycles. The molecule has 10 heavy (non-hydrogen) atoms. The van der Waals surface area contributed by atoms with Crippen molar-refractivity contribution in [2.75, 3.05) is 6.61 Å². The summed E-state index contributed by atoms with van der Waals surface area (Å²) in [6.07, 6.45) is 3.05. The van der Waals surface area contributed by atoms with Crippen molar-refractivity contribution in [3.63, 3.8) is 0 Å². The van der Waals surface area contributed by atoms with Crippen LogP contribution in [0.3, 0.4) is 0 Å². The number of hydrogen-bond donors (Lipinski definition) is 2. The lowest BCUT2D eigenvalue weighted by atomic mass is 10.4. The van der Waals surface area contributed by atoms with Gasteiger partial charge in [-0.15, -0.1) is 0 Å². The molecule has 1 atom stereocenters. The van der Waals surface area contributed by atoms with Crippen molar-refractivity contribution in [3.05, 3.63) is 24.5 Å². The van der Waals surface area contributed by atoms with Crippen LogP contribution in [0.25, 0.3) is 0 Å². The van der Waals surface area contributed by atoms with Gasteiger partial charge in [-0.1, -0.05) is 0 Å². The van der Waals surface area contributed by atoms with Crippen molar-refractivity contribution in [2.24, 2.45) is 0 Å². The van der Waals surface area contributed by atoms with E-state index in [4.69, 9.17) is 10.2 Å². The molecule has 0 saturated heterocycles. The standard InChI is InChI=1S/C7H11NO2/c9-6-7(10)5-8-3-1-2-4-8/h1-4,7,9-10H,5-6H2. The van der Waals surface area contributed by atoms with E-state index in [0.717, 1.165) is 0 Å². The van der Waals surface area contributed by atoms with Crippen molar-refractivity contribution in [1.29, 1.82) is 0 Å². The summed E-state index contributed by atoms with van der Waals surface area (Å²) in [4.78, 5) is 0. The van der Waals surface area contributed by atoms with Gasteiger partial charge in [-0.25, -0.2) is 0 Å². The Morgan fingerprint density at radius 1 is 1.30 bits per heavy atom. The second kappa shape index (κ2) is 3.39. The second-order valence-electron chi connectivity index (χ2n) is 2.22. The Morgan fingerprint density at radius 2 is 1.90 bits per heavy atom. The van der Waals surface area contributed by atoms with Gasteiger partial charge in [0.2, 0.25) is 0 Å². The van der Waals surface area contributed by atoms with Crippen molar-refractivity contribution < 1.29 is 10.2 Å². The van der Waals surface area contributed by atoms with Crippen LogP contribution in [0.4, 0.5) is 0 Å². The Morgan fingerprint density at radius 3 is 2.40 bits per heavy atom. The molecular formula is C7H11NO2. The van der Waals surface area contributed by atoms with Gasteiger partial charge in [-0.05, 0) is 12.1 Å². The maximum atomic E-state index is 8.96. The predicted molar refractivity (Wildman–Crippen MR) is 37.5 cm³/mol. The molecule has 3 nitrogen and oxygen atoms in total. The monoisotopic (exact) mass is 141 g/mol. The first-order valence-electron chi connectivity index (χ1n) is 3.22. The van der Waals surface area contributed by atoms with Crippen LogP contribution in [0.5, 0.6) is 0 Å². The highest BCUT2D eigenvalue weighted by Crippen LogP contribution is 1.92. The maximum absolute atomic E-state index is 8.96. The molecule has 0 aliphatic rings. The van der Waals surface area contributed by atoms with E-state index in [0.29, 0.717) is 6.54 Å². The highest BCUT2D eigenvalue weighted by Gasteiger charge is 2.00. The molecule has 1 aromatic heterocycles. The van der Waals surface area contributed by atoms with E-state index in [1.54, 1.807) is 0 Å². The Labute approximate surface area is 59.5 Å². The molecule has 0 radical (unpaired) electrons. The summed E-state index contributed by atoms with van der Waals surface area (Å²) in [6.45, 7) is 0.279. The third-order valence-corrected chi connectivity index (χ3v) is 1.30. The van der Waals surface area contributed by atoms with Crippen molar-refractivity contribution in [3.8, 4) is 0 Å². The molecule has 1 unspecified atom stereocenters. The Hall–Kier alpha value is -0.800. The highest BCUT2D eigenvalue weighted by molar-refractivity contribution is 4.90. The summed E-state index contributed by atoms with van der Waals surface area (Å²) in [5.41, 5.74) is 0. The van der Waals surface area contributed by atoms with Gasteiger partial charge >= 0.3 is 0 Å². The lowest BCUT2D eigenvalue weighted by Crippen LogP contribution is -2.18. The first-order valence-corrected chi connectivity index (χ1v) is 3.22. The molecule has 0 fully saturated rings. The molecule has 0 aliphatic heterocycles. The zero-order valence-electron chi connectivity index (χ0n) is 5.64. The number of aromatic nitrogens is 1. The average Bonchev–Trinajstić information content (AvgIpc) is 2.40. The topological polar surface area (TPSA) is 45.4 Å². The van der Waals surface area contributed by atoms with Crippen LogP contribution >= 0.6 is 0 Å². The first kappa shape index (κ1) is 7.31. The Bertz CT molecular complexity index is 172. The van der Waals surface area contributed by atoms with Crippen molar-refractivity contribution in [2.45, 2.75) is 12.6 Å². The SMILES string of the molecule is OCC(O)Cn1cccc1. The molecule has 0 amide bonds. The van der Waals surface area contributed by atoms with Crippen LogP contribution < -0.4 is 0 Å². The lowest BCUT2D eigenvalue weighted by molar-refractivity contribution is 0.0813. The molecule has 1 rings (SSSR count). The van der Waals surface area contributed by atoms with Gasteiger partial charge in [0.05, 0.1) is 19.3 Å². The van der Waals surface area contributed by atoms with Gasteiger partial charge in [0.15, 0.2) is 0 Å². The third-order valence-electron chi connectivity index (χ3n) is 1.30. The summed E-state index contributed by atoms with van der Waals surface area (Å²) in [7, 11) is 0. The van der Waals surface area contributed by atoms with Gasteiger partial charge in [0.25, 0.3) is 0 Å². The predicted octanol–water partition coefficient (Wildman–Crippen LogP) is -0.159. The molecule has 1 aromatic rings. The zero-order chi connectivity index (χ0) is 7.40. The Kier molecular flexibility index (Phi) is 2.48. The average molecular weight is 141 g/mol. The van der Waals surface area contributed by atoms with E-state index >= 15 is 0 Å². The smallest absolute Gasteiger partial charge is 0.0949 e. The second-order valence-corrected chi connectivity index (χ2v) is 2.22. The van der Waals surface area contributed by atoms with Gasteiger partial charge in [0, 0.05) is 12.4 Å². The van der Waals surface area contributed by atoms with Crippen LogP contribution in [-0.4, -0.2) is 27.5 Å². The third kappa shape index (κ3) is 1.86. The highest BCUT2D eigenvalue weighted by atomic mass is 16.3. The van der Waals surface area contributed by atoms with E-state index < -0.39 is 6.10 Å². The van der Waals surface area contributed by atoms with Crippen LogP contribution in [0.2, 0.25) is 0 Å². The van der Waals surface area contributed by atoms with E-state index in [2.05, 4.69) is 0 Å². The van der Waals surface area contributed by atoms with Gasteiger partial charge < -0.3 is 14.8 Å². The largest absolute Gasteiger partial charge is 0.394 e. The van der Waals surface area contributed by atoms with E-state index in [1.807, 2.05) is 29.1 Å². The maximum Gasteiger partial charge on any atom is 0.0949 e. The molecule has 0 spiro atoms. The minimum absolute atomic E-state index is 0.182. The van der Waals surface area contributed by atoms with Crippen LogP contribution in [0.15, 0.2) is 24.5 Å². The summed E-state index contributed by atoms with van der Waals surface area (Å²) in [6, 6.07) is 3.76. The number of nitrogens with zero attached hydrogens (tertiary/aromatic N) is 1. The fraction of sp³-hybridized carbons (Fsp3) is 0.429. The van der Waals surface area contributed by atoms with Crippen LogP contribution in [0, 0.1) is 0 Å². The van der Waals surface area contributed by atoms with Crippen molar-refractivity contribution >= 4 is 0 Å². The fourth-order valence-electron chi connectivity index (χ4n) is 0.793. The molecule has 1 heterocycles. The normalized spacial score (nSPS) is 13.4. The molecule has 3 heteroatoms. The van der Waals surface area contributed by atoms with Gasteiger partial charge in [-0.2, -0.15) is 0 Å². The minimum Gasteiger partial charge on any atom is -0.394 e. The van der Waals surface area contributed by atoms with E-state index in [-0.39, 0.29) is 6.61 Å². The van der Waals surface area contributed by atoms with Gasteiger partial charge in [-0.3, -0.25) is 0 Å². The number of rotatable bonds is 3. The quantitative estimate of drug-likeness (QED) is 0.614. The fourth-order valence-corrected chi connectivity index (χ4v) is 0.793. The minimum atomic E-state index is -0.646. The summed E-state index contributed by atoms with van der Waals surface area (Å²) in [5, 5.41) is 17.4.